The van der Waals surface area contributed by atoms with Crippen LogP contribution >= 0.6 is 11.8 Å². The quantitative estimate of drug-likeness (QED) is 0.817. The summed E-state index contributed by atoms with van der Waals surface area (Å²) in [6, 6.07) is 3.67. The van der Waals surface area contributed by atoms with Gasteiger partial charge in [0.05, 0.1) is 17.4 Å². The van der Waals surface area contributed by atoms with Gasteiger partial charge in [-0.15, -0.1) is 11.8 Å². The molecule has 0 radical (unpaired) electrons. The van der Waals surface area contributed by atoms with Gasteiger partial charge >= 0.3 is 6.18 Å². The second-order valence-corrected chi connectivity index (χ2v) is 5.26. The number of anilines is 1. The Balaban J connectivity index is 2.34. The summed E-state index contributed by atoms with van der Waals surface area (Å²) >= 11 is 1.28. The van der Waals surface area contributed by atoms with Gasteiger partial charge in [0.2, 0.25) is 0 Å². The molecule has 0 amide bonds. The van der Waals surface area contributed by atoms with Crippen molar-refractivity contribution < 1.29 is 18.3 Å². The highest BCUT2D eigenvalue weighted by Gasteiger charge is 2.33. The monoisotopic (exact) mass is 263 g/mol. The first-order valence-corrected chi connectivity index (χ1v) is 6.05. The van der Waals surface area contributed by atoms with E-state index in [1.165, 1.54) is 17.8 Å². The largest absolute Gasteiger partial charge is 0.416 e. The Labute approximate surface area is 101 Å². The van der Waals surface area contributed by atoms with Crippen LogP contribution in [0.3, 0.4) is 0 Å². The number of aliphatic hydroxyl groups is 1. The van der Waals surface area contributed by atoms with E-state index in [2.05, 4.69) is 5.32 Å². The normalized spacial score (nSPS) is 24.1. The Hall–Kier alpha value is -0.880. The van der Waals surface area contributed by atoms with Crippen LogP contribution in [0.15, 0.2) is 23.1 Å². The van der Waals surface area contributed by atoms with Gasteiger partial charge in [-0.05, 0) is 25.1 Å². The minimum absolute atomic E-state index is 0.0363. The zero-order chi connectivity index (χ0) is 12.6. The number of benzene rings is 1. The van der Waals surface area contributed by atoms with E-state index in [9.17, 15) is 13.2 Å². The van der Waals surface area contributed by atoms with E-state index >= 15 is 0 Å². The highest BCUT2D eigenvalue weighted by molar-refractivity contribution is 8.00. The molecule has 0 spiro atoms. The highest BCUT2D eigenvalue weighted by Crippen LogP contribution is 2.41. The zero-order valence-corrected chi connectivity index (χ0v) is 9.90. The lowest BCUT2D eigenvalue weighted by atomic mass is 10.1. The number of aliphatic hydroxyl groups excluding tert-OH is 1. The van der Waals surface area contributed by atoms with Crippen LogP contribution in [0.4, 0.5) is 18.9 Å². The van der Waals surface area contributed by atoms with Crippen LogP contribution in [0.5, 0.6) is 0 Å². The van der Waals surface area contributed by atoms with Crippen molar-refractivity contribution >= 4 is 17.4 Å². The molecule has 1 aliphatic rings. The Morgan fingerprint density at radius 2 is 2.12 bits per heavy atom. The summed E-state index contributed by atoms with van der Waals surface area (Å²) in [6.45, 7) is 1.84. The molecule has 1 aromatic carbocycles. The van der Waals surface area contributed by atoms with Crippen molar-refractivity contribution in [1.29, 1.82) is 0 Å². The van der Waals surface area contributed by atoms with Gasteiger partial charge in [0, 0.05) is 16.6 Å². The average molecular weight is 263 g/mol. The predicted molar refractivity (Wildman–Crippen MR) is 61.3 cm³/mol. The minimum atomic E-state index is -4.33. The van der Waals surface area contributed by atoms with Crippen LogP contribution in [-0.2, 0) is 6.18 Å². The van der Waals surface area contributed by atoms with Crippen molar-refractivity contribution in [2.45, 2.75) is 29.3 Å². The van der Waals surface area contributed by atoms with Gasteiger partial charge in [0.1, 0.15) is 0 Å². The second-order valence-electron chi connectivity index (χ2n) is 3.98. The molecular formula is C11H12F3NOS. The molecular weight excluding hydrogens is 251 g/mol. The first-order valence-electron chi connectivity index (χ1n) is 5.17. The summed E-state index contributed by atoms with van der Waals surface area (Å²) in [7, 11) is 0. The first kappa shape index (κ1) is 12.6. The minimum Gasteiger partial charge on any atom is -0.395 e. The molecule has 0 fully saturated rings. The molecule has 0 saturated heterocycles. The Kier molecular flexibility index (Phi) is 3.27. The molecule has 94 valence electrons. The molecule has 0 bridgehead atoms. The summed E-state index contributed by atoms with van der Waals surface area (Å²) in [5, 5.41) is 12.1. The van der Waals surface area contributed by atoms with E-state index in [4.69, 9.17) is 5.11 Å². The van der Waals surface area contributed by atoms with Crippen molar-refractivity contribution in [3.8, 4) is 0 Å². The van der Waals surface area contributed by atoms with Gasteiger partial charge in [-0.25, -0.2) is 0 Å². The van der Waals surface area contributed by atoms with Gasteiger partial charge < -0.3 is 10.4 Å². The van der Waals surface area contributed by atoms with Gasteiger partial charge in [-0.1, -0.05) is 0 Å². The van der Waals surface area contributed by atoms with Gasteiger partial charge in [-0.3, -0.25) is 0 Å². The summed E-state index contributed by atoms with van der Waals surface area (Å²) in [4.78, 5) is 0.539. The van der Waals surface area contributed by atoms with Crippen molar-refractivity contribution in [3.05, 3.63) is 23.8 Å². The maximum atomic E-state index is 12.5. The highest BCUT2D eigenvalue weighted by atomic mass is 32.2. The molecule has 6 heteroatoms. The lowest BCUT2D eigenvalue weighted by Crippen LogP contribution is -2.34. The number of hydrogen-bond donors (Lipinski definition) is 2. The van der Waals surface area contributed by atoms with Gasteiger partial charge in [0.25, 0.3) is 0 Å². The number of rotatable bonds is 1. The molecule has 0 aromatic heterocycles. The lowest BCUT2D eigenvalue weighted by Gasteiger charge is -2.31. The number of alkyl halides is 3. The molecule has 1 aromatic rings. The molecule has 2 atom stereocenters. The van der Waals surface area contributed by atoms with Crippen molar-refractivity contribution in [2.75, 3.05) is 11.9 Å². The van der Waals surface area contributed by atoms with E-state index in [0.717, 1.165) is 12.1 Å². The van der Waals surface area contributed by atoms with E-state index in [-0.39, 0.29) is 17.9 Å². The summed E-state index contributed by atoms with van der Waals surface area (Å²) in [5.74, 6) is 0. The van der Waals surface area contributed by atoms with E-state index in [0.29, 0.717) is 10.6 Å². The maximum Gasteiger partial charge on any atom is 0.416 e. The van der Waals surface area contributed by atoms with Crippen molar-refractivity contribution in [3.63, 3.8) is 0 Å². The fraction of sp³-hybridized carbons (Fsp3) is 0.455. The maximum absolute atomic E-state index is 12.5. The number of hydrogen-bond acceptors (Lipinski definition) is 3. The van der Waals surface area contributed by atoms with Crippen LogP contribution in [-0.4, -0.2) is 23.0 Å². The van der Waals surface area contributed by atoms with E-state index in [1.54, 1.807) is 0 Å². The molecule has 0 aliphatic carbocycles. The van der Waals surface area contributed by atoms with Crippen molar-refractivity contribution in [1.82, 2.24) is 0 Å². The van der Waals surface area contributed by atoms with Crippen LogP contribution < -0.4 is 5.32 Å². The molecule has 1 aliphatic heterocycles. The Bertz CT molecular complexity index is 422. The molecule has 2 rings (SSSR count). The summed E-state index contributed by atoms with van der Waals surface area (Å²) < 4.78 is 37.6. The fourth-order valence-corrected chi connectivity index (χ4v) is 2.84. The standard InChI is InChI=1S/C11H12F3NOS/c1-6-10(5-16)17-9-4-7(11(12,13)14)2-3-8(9)15-6/h2-4,6,10,15-16H,5H2,1H3. The van der Waals surface area contributed by atoms with Crippen molar-refractivity contribution in [2.24, 2.45) is 0 Å². The fourth-order valence-electron chi connectivity index (χ4n) is 1.71. The third-order valence-electron chi connectivity index (χ3n) is 2.71. The molecule has 0 saturated carbocycles. The molecule has 2 N–H and O–H groups in total. The second kappa shape index (κ2) is 4.42. The molecule has 2 nitrogen and oxygen atoms in total. The molecule has 2 unspecified atom stereocenters. The number of thioether (sulfide) groups is 1. The Morgan fingerprint density at radius 3 is 2.71 bits per heavy atom. The zero-order valence-electron chi connectivity index (χ0n) is 9.08. The third-order valence-corrected chi connectivity index (χ3v) is 4.16. The van der Waals surface area contributed by atoms with E-state index in [1.807, 2.05) is 6.92 Å². The van der Waals surface area contributed by atoms with E-state index < -0.39 is 11.7 Å². The van der Waals surface area contributed by atoms with Crippen LogP contribution in [0.25, 0.3) is 0 Å². The topological polar surface area (TPSA) is 32.3 Å². The van der Waals surface area contributed by atoms with Gasteiger partial charge in [-0.2, -0.15) is 13.2 Å². The predicted octanol–water partition coefficient (Wildman–Crippen LogP) is 2.97. The van der Waals surface area contributed by atoms with Crippen LogP contribution in [0.1, 0.15) is 12.5 Å². The summed E-state index contributed by atoms with van der Waals surface area (Å²) in [6.07, 6.45) is -4.33. The Morgan fingerprint density at radius 1 is 1.41 bits per heavy atom. The van der Waals surface area contributed by atoms with Crippen LogP contribution in [0, 0.1) is 0 Å². The summed E-state index contributed by atoms with van der Waals surface area (Å²) in [5.41, 5.74) is 0.0389. The number of fused-ring (bicyclic) bond motifs is 1. The number of halogens is 3. The first-order chi connectivity index (χ1) is 7.91. The lowest BCUT2D eigenvalue weighted by molar-refractivity contribution is -0.137. The average Bonchev–Trinajstić information content (AvgIpc) is 2.26. The van der Waals surface area contributed by atoms with Gasteiger partial charge in [0.15, 0.2) is 0 Å². The molecule has 17 heavy (non-hydrogen) atoms. The third kappa shape index (κ3) is 2.52. The number of nitrogens with one attached hydrogen (secondary N) is 1. The smallest absolute Gasteiger partial charge is 0.395 e. The van der Waals surface area contributed by atoms with Crippen LogP contribution in [0.2, 0.25) is 0 Å². The SMILES string of the molecule is CC1Nc2ccc(C(F)(F)F)cc2SC1CO. The molecule has 1 heterocycles.